The first-order valence-electron chi connectivity index (χ1n) is 4.84. The highest BCUT2D eigenvalue weighted by Crippen LogP contribution is 2.12. The van der Waals surface area contributed by atoms with Gasteiger partial charge in [-0.1, -0.05) is 12.7 Å². The van der Waals surface area contributed by atoms with Crippen molar-refractivity contribution < 1.29 is 4.57 Å². The summed E-state index contributed by atoms with van der Waals surface area (Å²) in [5, 5.41) is 0. The lowest BCUT2D eigenvalue weighted by atomic mass is 10.2. The molecule has 0 aliphatic rings. The molecule has 2 heteroatoms. The van der Waals surface area contributed by atoms with Gasteiger partial charge in [-0.3, -0.25) is 0 Å². The topological polar surface area (TPSA) is 7.12 Å². The van der Waals surface area contributed by atoms with Crippen LogP contribution in [-0.4, -0.2) is 19.0 Å². The zero-order valence-corrected chi connectivity index (χ0v) is 9.35. The van der Waals surface area contributed by atoms with Crippen LogP contribution in [0.25, 0.3) is 11.9 Å². The molecular formula is C13H17N2+. The third-order valence-corrected chi connectivity index (χ3v) is 2.11. The number of aromatic nitrogens is 1. The van der Waals surface area contributed by atoms with E-state index in [1.54, 1.807) is 12.3 Å². The fourth-order valence-electron chi connectivity index (χ4n) is 1.41. The zero-order chi connectivity index (χ0) is 11.3. The lowest BCUT2D eigenvalue weighted by Gasteiger charge is -2.14. The van der Waals surface area contributed by atoms with Crippen LogP contribution in [0.2, 0.25) is 0 Å². The van der Waals surface area contributed by atoms with Crippen LogP contribution in [0.3, 0.4) is 0 Å². The summed E-state index contributed by atoms with van der Waals surface area (Å²) in [6.07, 6.45) is 7.53. The predicted molar refractivity (Wildman–Crippen MR) is 64.9 cm³/mol. The fraction of sp³-hybridized carbons (Fsp3) is 0.154. The molecule has 15 heavy (non-hydrogen) atoms. The molecule has 0 bridgehead atoms. The molecule has 1 rings (SSSR count). The Balaban J connectivity index is 3.28. The Morgan fingerprint density at radius 2 is 2.07 bits per heavy atom. The van der Waals surface area contributed by atoms with E-state index in [0.717, 1.165) is 11.4 Å². The van der Waals surface area contributed by atoms with Crippen LogP contribution in [0.1, 0.15) is 5.69 Å². The molecule has 0 radical (unpaired) electrons. The Bertz CT molecular complexity index is 389. The Kier molecular flexibility index (Phi) is 3.86. The van der Waals surface area contributed by atoms with Crippen LogP contribution in [0.15, 0.2) is 49.7 Å². The molecule has 0 amide bonds. The van der Waals surface area contributed by atoms with Gasteiger partial charge in [0.15, 0.2) is 12.4 Å². The first-order valence-corrected chi connectivity index (χ1v) is 4.84. The second-order valence-electron chi connectivity index (χ2n) is 3.36. The number of hydrogen-bond acceptors (Lipinski definition) is 1. The molecule has 78 valence electrons. The van der Waals surface area contributed by atoms with Crippen LogP contribution < -0.4 is 4.57 Å². The van der Waals surface area contributed by atoms with Gasteiger partial charge in [-0.25, -0.2) is 0 Å². The lowest BCUT2D eigenvalue weighted by molar-refractivity contribution is -0.571. The lowest BCUT2D eigenvalue weighted by Crippen LogP contribution is -2.32. The van der Waals surface area contributed by atoms with Crippen LogP contribution in [0.5, 0.6) is 0 Å². The molecule has 0 saturated carbocycles. The van der Waals surface area contributed by atoms with Crippen molar-refractivity contribution in [3.05, 3.63) is 55.4 Å². The van der Waals surface area contributed by atoms with Gasteiger partial charge in [-0.05, 0) is 18.7 Å². The number of rotatable bonds is 4. The number of nitrogens with zero attached hydrogens (tertiary/aromatic N) is 2. The van der Waals surface area contributed by atoms with Crippen molar-refractivity contribution in [2.45, 2.75) is 0 Å². The summed E-state index contributed by atoms with van der Waals surface area (Å²) >= 11 is 0. The van der Waals surface area contributed by atoms with E-state index >= 15 is 0 Å². The maximum Gasteiger partial charge on any atom is 0.234 e. The van der Waals surface area contributed by atoms with E-state index in [2.05, 4.69) is 24.1 Å². The highest BCUT2D eigenvalue weighted by Gasteiger charge is 2.13. The first-order chi connectivity index (χ1) is 7.20. The van der Waals surface area contributed by atoms with E-state index in [1.165, 1.54) is 0 Å². The van der Waals surface area contributed by atoms with Gasteiger partial charge in [0.2, 0.25) is 5.69 Å². The predicted octanol–water partition coefficient (Wildman–Crippen LogP) is 2.16. The van der Waals surface area contributed by atoms with Crippen molar-refractivity contribution in [2.75, 3.05) is 14.1 Å². The van der Waals surface area contributed by atoms with E-state index in [1.807, 2.05) is 43.1 Å². The smallest absolute Gasteiger partial charge is 0.234 e. The van der Waals surface area contributed by atoms with Gasteiger partial charge in [0, 0.05) is 26.2 Å². The summed E-state index contributed by atoms with van der Waals surface area (Å²) in [5.41, 5.74) is 2.20. The molecule has 0 saturated heterocycles. The quantitative estimate of drug-likeness (QED) is 0.535. The van der Waals surface area contributed by atoms with E-state index < -0.39 is 0 Å². The van der Waals surface area contributed by atoms with E-state index in [4.69, 9.17) is 0 Å². The summed E-state index contributed by atoms with van der Waals surface area (Å²) in [4.78, 5) is 2.05. The van der Waals surface area contributed by atoms with Gasteiger partial charge < -0.3 is 4.90 Å². The molecule has 0 aliphatic carbocycles. The largest absolute Gasteiger partial charge is 0.372 e. The zero-order valence-electron chi connectivity index (χ0n) is 9.35. The standard InChI is InChI=1S/C13H17N2/c1-5-9-12(14(3)4)13-10-7-8-11-15(13)6-2/h5-11H,1-2H2,3-4H3/q+1/b12-9-. The summed E-state index contributed by atoms with van der Waals surface area (Å²) in [6.45, 7) is 7.51. The first kappa shape index (κ1) is 11.2. The third-order valence-electron chi connectivity index (χ3n) is 2.11. The Morgan fingerprint density at radius 1 is 1.33 bits per heavy atom. The van der Waals surface area contributed by atoms with E-state index in [-0.39, 0.29) is 0 Å². The molecule has 0 unspecified atom stereocenters. The second kappa shape index (κ2) is 5.15. The summed E-state index contributed by atoms with van der Waals surface area (Å²) in [7, 11) is 4.02. The molecule has 0 fully saturated rings. The maximum absolute atomic E-state index is 3.78. The molecule has 1 aromatic rings. The van der Waals surface area contributed by atoms with E-state index in [9.17, 15) is 0 Å². The summed E-state index contributed by atoms with van der Waals surface area (Å²) in [6, 6.07) is 6.04. The molecule has 0 N–H and O–H groups in total. The highest BCUT2D eigenvalue weighted by molar-refractivity contribution is 5.60. The van der Waals surface area contributed by atoms with Gasteiger partial charge in [-0.2, -0.15) is 4.57 Å². The van der Waals surface area contributed by atoms with Crippen molar-refractivity contribution in [3.8, 4) is 0 Å². The number of allylic oxidation sites excluding steroid dienone is 2. The molecule has 0 aliphatic heterocycles. The molecule has 0 atom stereocenters. The highest BCUT2D eigenvalue weighted by atomic mass is 15.1. The van der Waals surface area contributed by atoms with Crippen molar-refractivity contribution in [1.82, 2.24) is 4.90 Å². The Morgan fingerprint density at radius 3 is 2.60 bits per heavy atom. The van der Waals surface area contributed by atoms with Crippen molar-refractivity contribution in [1.29, 1.82) is 0 Å². The van der Waals surface area contributed by atoms with Crippen LogP contribution in [0, 0.1) is 0 Å². The Hall–Kier alpha value is -1.83. The van der Waals surface area contributed by atoms with Gasteiger partial charge in [-0.15, -0.1) is 0 Å². The van der Waals surface area contributed by atoms with Gasteiger partial charge in [0.1, 0.15) is 5.70 Å². The fourth-order valence-corrected chi connectivity index (χ4v) is 1.41. The molecule has 1 heterocycles. The Labute approximate surface area is 91.5 Å². The second-order valence-corrected chi connectivity index (χ2v) is 3.36. The molecule has 0 spiro atoms. The minimum absolute atomic E-state index is 1.09. The number of pyridine rings is 1. The third kappa shape index (κ3) is 2.56. The average molecular weight is 201 g/mol. The SMILES string of the molecule is C=C/C=C(/c1cccc[n+]1C=C)N(C)C. The normalized spacial score (nSPS) is 10.9. The van der Waals surface area contributed by atoms with Crippen molar-refractivity contribution in [2.24, 2.45) is 0 Å². The van der Waals surface area contributed by atoms with Crippen LogP contribution >= 0.6 is 0 Å². The van der Waals surface area contributed by atoms with Crippen LogP contribution in [0.4, 0.5) is 0 Å². The maximum atomic E-state index is 3.78. The molecule has 2 nitrogen and oxygen atoms in total. The molecule has 1 aromatic heterocycles. The molecular weight excluding hydrogens is 184 g/mol. The number of hydrogen-bond donors (Lipinski definition) is 0. The van der Waals surface area contributed by atoms with Crippen molar-refractivity contribution in [3.63, 3.8) is 0 Å². The minimum Gasteiger partial charge on any atom is -0.372 e. The minimum atomic E-state index is 1.09. The monoisotopic (exact) mass is 201 g/mol. The summed E-state index contributed by atoms with van der Waals surface area (Å²) < 4.78 is 1.98. The van der Waals surface area contributed by atoms with Gasteiger partial charge >= 0.3 is 0 Å². The summed E-state index contributed by atoms with van der Waals surface area (Å²) in [5.74, 6) is 0. The van der Waals surface area contributed by atoms with E-state index in [0.29, 0.717) is 0 Å². The molecule has 0 aromatic carbocycles. The van der Waals surface area contributed by atoms with Crippen LogP contribution in [-0.2, 0) is 0 Å². The van der Waals surface area contributed by atoms with Gasteiger partial charge in [0.05, 0.1) is 0 Å². The average Bonchev–Trinajstić information content (AvgIpc) is 2.25. The van der Waals surface area contributed by atoms with Gasteiger partial charge in [0.25, 0.3) is 0 Å². The van der Waals surface area contributed by atoms with Crippen molar-refractivity contribution >= 4 is 11.9 Å².